The summed E-state index contributed by atoms with van der Waals surface area (Å²) in [5.41, 5.74) is -1.74. The van der Waals surface area contributed by atoms with Gasteiger partial charge in [-0.15, -0.1) is 0 Å². The molecule has 0 spiro atoms. The minimum atomic E-state index is -2.81. The number of carbonyl (C=O) groups is 2. The van der Waals surface area contributed by atoms with Crippen LogP contribution in [-0.2, 0) is 60.8 Å². The predicted octanol–water partition coefficient (Wildman–Crippen LogP) is 6.14. The van der Waals surface area contributed by atoms with Crippen LogP contribution in [-0.4, -0.2) is 63.0 Å². The minimum absolute atomic E-state index is 0.123. The largest absolute Gasteiger partial charge is 0.466 e. The van der Waals surface area contributed by atoms with Crippen molar-refractivity contribution in [2.75, 3.05) is 40.6 Å². The molecule has 0 aliphatic carbocycles. The van der Waals surface area contributed by atoms with E-state index >= 15 is 0 Å². The van der Waals surface area contributed by atoms with Crippen molar-refractivity contribution in [2.45, 2.75) is 39.4 Å². The van der Waals surface area contributed by atoms with Gasteiger partial charge in [0.2, 0.25) is 5.69 Å². The Bertz CT molecular complexity index is 1080. The molecule has 220 valence electrons. The molecule has 0 aliphatic rings. The Kier molecular flexibility index (Phi) is 17.3. The van der Waals surface area contributed by atoms with Crippen LogP contribution in [0.3, 0.4) is 0 Å². The Morgan fingerprint density at radius 3 is 2.05 bits per heavy atom. The summed E-state index contributed by atoms with van der Waals surface area (Å²) in [5.74, 6) is -0.130. The highest BCUT2D eigenvalue weighted by Gasteiger charge is 2.32. The van der Waals surface area contributed by atoms with E-state index in [1.807, 2.05) is 44.2 Å². The number of carbonyl (C=O) groups excluding carboxylic acids is 2. The van der Waals surface area contributed by atoms with Gasteiger partial charge in [0.15, 0.2) is 5.76 Å². The summed E-state index contributed by atoms with van der Waals surface area (Å²) in [4.78, 5) is 23.3. The van der Waals surface area contributed by atoms with Crippen molar-refractivity contribution in [3.63, 3.8) is 0 Å². The van der Waals surface area contributed by atoms with E-state index < -0.39 is 29.6 Å². The maximum Gasteiger partial charge on any atom is 0.381 e. The summed E-state index contributed by atoms with van der Waals surface area (Å²) in [6.07, 6.45) is -0.123. The number of rotatable bonds is 16. The fourth-order valence-electron chi connectivity index (χ4n) is 2.65. The van der Waals surface area contributed by atoms with Gasteiger partial charge in [-0.25, -0.2) is 0 Å². The van der Waals surface area contributed by atoms with Crippen LogP contribution >= 0.6 is 23.8 Å². The number of esters is 2. The molecule has 0 bridgehead atoms. The molecule has 0 N–H and O–H groups in total. The lowest BCUT2D eigenvalue weighted by Gasteiger charge is -2.21. The van der Waals surface area contributed by atoms with E-state index in [4.69, 9.17) is 60.2 Å². The maximum atomic E-state index is 11.8. The van der Waals surface area contributed by atoms with Gasteiger partial charge in [0, 0.05) is 31.6 Å². The normalized spacial score (nSPS) is 12.2. The van der Waals surface area contributed by atoms with E-state index in [9.17, 15) is 9.59 Å². The van der Waals surface area contributed by atoms with Crippen molar-refractivity contribution in [1.29, 1.82) is 0 Å². The first kappa shape index (κ1) is 35.7. The summed E-state index contributed by atoms with van der Waals surface area (Å²) < 4.78 is 41.5. The number of ether oxygens (including phenoxy) is 2. The van der Waals surface area contributed by atoms with Gasteiger partial charge in [-0.3, -0.25) is 18.6 Å². The maximum absolute atomic E-state index is 11.8. The van der Waals surface area contributed by atoms with E-state index in [0.29, 0.717) is 19.0 Å². The van der Waals surface area contributed by atoms with Crippen LogP contribution in [0.4, 0.5) is 0 Å². The average molecular weight is 644 g/mol. The van der Waals surface area contributed by atoms with E-state index in [1.54, 1.807) is 19.9 Å². The van der Waals surface area contributed by atoms with Gasteiger partial charge in [-0.1, -0.05) is 41.7 Å². The average Bonchev–Trinajstić information content (AvgIpc) is 3.37. The zero-order chi connectivity index (χ0) is 29.3. The molecule has 1 unspecified atom stereocenters. The third-order valence-electron chi connectivity index (χ3n) is 4.24. The fraction of sp³-hybridized carbons (Fsp3) is 0.522. The van der Waals surface area contributed by atoms with Crippen molar-refractivity contribution in [1.82, 2.24) is 5.16 Å². The van der Waals surface area contributed by atoms with Crippen LogP contribution in [0.1, 0.15) is 34.1 Å². The summed E-state index contributed by atoms with van der Waals surface area (Å²) in [6, 6.07) is 11.3. The summed E-state index contributed by atoms with van der Waals surface area (Å²) in [5, 5.41) is 3.06. The minimum Gasteiger partial charge on any atom is -0.466 e. The predicted molar refractivity (Wildman–Crippen MR) is 158 cm³/mol. The first-order valence-electron chi connectivity index (χ1n) is 11.9. The first-order valence-corrected chi connectivity index (χ1v) is 18.6. The Balaban J connectivity index is 0.000000391. The smallest absolute Gasteiger partial charge is 0.381 e. The highest BCUT2D eigenvalue weighted by Crippen LogP contribution is 2.62. The van der Waals surface area contributed by atoms with Crippen LogP contribution in [0.2, 0.25) is 0 Å². The number of aromatic nitrogens is 1. The number of nitrogens with zero attached hydrogens (tertiary/aromatic N) is 1. The number of hydrogen-bond donors (Lipinski definition) is 0. The molecule has 0 fully saturated rings. The molecule has 1 aromatic carbocycles. The second-order valence-corrected chi connectivity index (χ2v) is 16.5. The fourth-order valence-corrected chi connectivity index (χ4v) is 8.50. The Morgan fingerprint density at radius 1 is 0.949 bits per heavy atom. The van der Waals surface area contributed by atoms with Gasteiger partial charge in [0.25, 0.3) is 5.88 Å². The number of benzene rings is 1. The van der Waals surface area contributed by atoms with Gasteiger partial charge in [0.1, 0.15) is 5.25 Å². The molecule has 1 aromatic heterocycles. The molecule has 0 amide bonds. The van der Waals surface area contributed by atoms with Gasteiger partial charge in [0.05, 0.1) is 38.9 Å². The van der Waals surface area contributed by atoms with Crippen LogP contribution in [0.5, 0.6) is 5.88 Å². The standard InChI is InChI=1S/C13H16NO4PS.C10H19O6PS2/c1-3-15-19(20,16-4-2)18-13-10-12(17-14-13)11-8-6-5-7-9-11;1-5-15-9(11)7-8(10(12)16-6-2)19-17(18,13-3)14-4/h5-10H,3-4H2,1-2H3;8H,5-7H2,1-4H3. The molecule has 0 saturated heterocycles. The monoisotopic (exact) mass is 643 g/mol. The molecule has 1 heterocycles. The quantitative estimate of drug-likeness (QED) is 0.154. The molecule has 11 nitrogen and oxygen atoms in total. The third-order valence-corrected chi connectivity index (χ3v) is 12.5. The summed E-state index contributed by atoms with van der Waals surface area (Å²) in [7, 11) is 2.81. The first-order chi connectivity index (χ1) is 18.6. The van der Waals surface area contributed by atoms with Gasteiger partial charge < -0.3 is 27.6 Å². The summed E-state index contributed by atoms with van der Waals surface area (Å²) >= 11 is 11.4. The molecule has 16 heteroatoms. The van der Waals surface area contributed by atoms with Crippen molar-refractivity contribution in [3.8, 4) is 17.2 Å². The van der Waals surface area contributed by atoms with E-state index in [1.165, 1.54) is 14.2 Å². The van der Waals surface area contributed by atoms with E-state index in [-0.39, 0.29) is 25.5 Å². The Hall–Kier alpha value is -1.34. The molecule has 0 saturated carbocycles. The topological polar surface area (TPSA) is 125 Å². The van der Waals surface area contributed by atoms with Crippen molar-refractivity contribution in [2.24, 2.45) is 0 Å². The lowest BCUT2D eigenvalue weighted by molar-refractivity contribution is -0.149. The zero-order valence-corrected chi connectivity index (χ0v) is 27.0. The van der Waals surface area contributed by atoms with Gasteiger partial charge >= 0.3 is 18.7 Å². The van der Waals surface area contributed by atoms with Crippen molar-refractivity contribution >= 4 is 59.3 Å². The highest BCUT2D eigenvalue weighted by molar-refractivity contribution is 8.68. The van der Waals surface area contributed by atoms with Crippen LogP contribution in [0, 0.1) is 0 Å². The third kappa shape index (κ3) is 13.2. The molecular formula is C23H35NO10P2S3. The Morgan fingerprint density at radius 2 is 1.54 bits per heavy atom. The molecule has 2 aromatic rings. The zero-order valence-electron chi connectivity index (χ0n) is 22.7. The highest BCUT2D eigenvalue weighted by atomic mass is 32.9. The summed E-state index contributed by atoms with van der Waals surface area (Å²) in [6.45, 7) is 5.55. The molecule has 39 heavy (non-hydrogen) atoms. The lowest BCUT2D eigenvalue weighted by atomic mass is 10.2. The SMILES string of the molecule is CCOC(=O)CC(SP(=S)(OC)OC)C(=O)OCC.CCOP(=S)(OCC)Oc1cc(-c2ccccc2)on1. The molecule has 2 rings (SSSR count). The van der Waals surface area contributed by atoms with E-state index in [2.05, 4.69) is 5.16 Å². The van der Waals surface area contributed by atoms with Crippen molar-refractivity contribution < 1.29 is 46.2 Å². The van der Waals surface area contributed by atoms with Gasteiger partial charge in [-0.05, 0) is 44.7 Å². The molecule has 0 radical (unpaired) electrons. The van der Waals surface area contributed by atoms with Crippen LogP contribution in [0.15, 0.2) is 40.9 Å². The molecule has 0 aliphatic heterocycles. The molecule has 1 atom stereocenters. The number of hydrogen-bond acceptors (Lipinski definition) is 14. The Labute approximate surface area is 243 Å². The second kappa shape index (κ2) is 18.9. The lowest BCUT2D eigenvalue weighted by Crippen LogP contribution is -2.24. The van der Waals surface area contributed by atoms with Crippen molar-refractivity contribution in [3.05, 3.63) is 36.4 Å². The van der Waals surface area contributed by atoms with Crippen LogP contribution < -0.4 is 4.52 Å². The second-order valence-electron chi connectivity index (χ2n) is 6.94. The van der Waals surface area contributed by atoms with E-state index in [0.717, 1.165) is 16.9 Å². The molecular weight excluding hydrogens is 608 g/mol. The van der Waals surface area contributed by atoms with Crippen LogP contribution in [0.25, 0.3) is 11.3 Å². The van der Waals surface area contributed by atoms with Gasteiger partial charge in [-0.2, -0.15) is 0 Å².